The monoisotopic (exact) mass is 440 g/mol. The predicted octanol–water partition coefficient (Wildman–Crippen LogP) is 2.85. The third kappa shape index (κ3) is 6.92. The standard InChI is InChI=1S/C20H25ClN2O5S/c1-14(2)19(23-29(25,26)18-10-8-16(27-3)9-11-18)20(24)22-12-13-28-17-6-4-15(21)5-7-17/h4-11,14,19,23H,12-13H2,1-3H3,(H,22,24)/t19-/m0/s1. The summed E-state index contributed by atoms with van der Waals surface area (Å²) >= 11 is 5.82. The van der Waals surface area contributed by atoms with Crippen molar-refractivity contribution in [3.05, 3.63) is 53.6 Å². The molecule has 2 rings (SSSR count). The molecule has 29 heavy (non-hydrogen) atoms. The molecule has 9 heteroatoms. The summed E-state index contributed by atoms with van der Waals surface area (Å²) in [6, 6.07) is 11.9. The third-order valence-electron chi connectivity index (χ3n) is 4.08. The van der Waals surface area contributed by atoms with Gasteiger partial charge in [0.2, 0.25) is 15.9 Å². The smallest absolute Gasteiger partial charge is 0.241 e. The number of methoxy groups -OCH3 is 1. The molecule has 0 bridgehead atoms. The average molecular weight is 441 g/mol. The van der Waals surface area contributed by atoms with Crippen molar-refractivity contribution in [3.63, 3.8) is 0 Å². The second kappa shape index (κ2) is 10.5. The van der Waals surface area contributed by atoms with Gasteiger partial charge in [0, 0.05) is 5.02 Å². The summed E-state index contributed by atoms with van der Waals surface area (Å²) in [5.41, 5.74) is 0. The minimum atomic E-state index is -3.86. The number of rotatable bonds is 10. The van der Waals surface area contributed by atoms with Gasteiger partial charge in [0.05, 0.1) is 18.6 Å². The predicted molar refractivity (Wildman–Crippen MR) is 112 cm³/mol. The summed E-state index contributed by atoms with van der Waals surface area (Å²) in [6.07, 6.45) is 0. The first-order valence-electron chi connectivity index (χ1n) is 9.05. The molecule has 0 radical (unpaired) electrons. The van der Waals surface area contributed by atoms with Crippen molar-refractivity contribution in [3.8, 4) is 11.5 Å². The molecule has 0 saturated carbocycles. The molecular weight excluding hydrogens is 416 g/mol. The maximum absolute atomic E-state index is 12.6. The van der Waals surface area contributed by atoms with Gasteiger partial charge in [-0.05, 0) is 54.4 Å². The van der Waals surface area contributed by atoms with E-state index in [4.69, 9.17) is 21.1 Å². The lowest BCUT2D eigenvalue weighted by Crippen LogP contribution is -2.50. The van der Waals surface area contributed by atoms with Crippen LogP contribution in [0.3, 0.4) is 0 Å². The number of carbonyl (C=O) groups is 1. The molecule has 0 aliphatic rings. The quantitative estimate of drug-likeness (QED) is 0.554. The maximum Gasteiger partial charge on any atom is 0.241 e. The van der Waals surface area contributed by atoms with Crippen molar-refractivity contribution in [2.75, 3.05) is 20.3 Å². The van der Waals surface area contributed by atoms with Crippen molar-refractivity contribution < 1.29 is 22.7 Å². The lowest BCUT2D eigenvalue weighted by Gasteiger charge is -2.21. The molecule has 158 valence electrons. The van der Waals surface area contributed by atoms with Crippen LogP contribution >= 0.6 is 11.6 Å². The first kappa shape index (κ1) is 23.0. The lowest BCUT2D eigenvalue weighted by molar-refractivity contribution is -0.123. The van der Waals surface area contributed by atoms with E-state index in [-0.39, 0.29) is 24.0 Å². The zero-order chi connectivity index (χ0) is 21.4. The number of hydrogen-bond acceptors (Lipinski definition) is 5. The van der Waals surface area contributed by atoms with Crippen LogP contribution < -0.4 is 19.5 Å². The van der Waals surface area contributed by atoms with E-state index < -0.39 is 22.0 Å². The Hall–Kier alpha value is -2.29. The molecule has 1 amide bonds. The van der Waals surface area contributed by atoms with Gasteiger partial charge in [-0.3, -0.25) is 4.79 Å². The molecule has 2 aromatic carbocycles. The topological polar surface area (TPSA) is 93.7 Å². The van der Waals surface area contributed by atoms with Crippen molar-refractivity contribution in [2.45, 2.75) is 24.8 Å². The summed E-state index contributed by atoms with van der Waals surface area (Å²) < 4.78 is 38.3. The zero-order valence-corrected chi connectivity index (χ0v) is 18.1. The first-order chi connectivity index (χ1) is 13.7. The summed E-state index contributed by atoms with van der Waals surface area (Å²) in [7, 11) is -2.36. The molecular formula is C20H25ClN2O5S. The van der Waals surface area contributed by atoms with Crippen molar-refractivity contribution in [1.29, 1.82) is 0 Å². The van der Waals surface area contributed by atoms with Gasteiger partial charge in [-0.2, -0.15) is 4.72 Å². The van der Waals surface area contributed by atoms with E-state index in [2.05, 4.69) is 10.0 Å². The third-order valence-corrected chi connectivity index (χ3v) is 5.79. The van der Waals surface area contributed by atoms with Gasteiger partial charge in [-0.25, -0.2) is 8.42 Å². The molecule has 0 aromatic heterocycles. The van der Waals surface area contributed by atoms with Crippen molar-refractivity contribution >= 4 is 27.5 Å². The van der Waals surface area contributed by atoms with E-state index in [9.17, 15) is 13.2 Å². The number of halogens is 1. The number of benzene rings is 2. The maximum atomic E-state index is 12.6. The number of carbonyl (C=O) groups excluding carboxylic acids is 1. The lowest BCUT2D eigenvalue weighted by atomic mass is 10.1. The molecule has 2 aromatic rings. The molecule has 2 N–H and O–H groups in total. The Bertz CT molecular complexity index is 899. The SMILES string of the molecule is COc1ccc(S(=O)(=O)N[C@H](C(=O)NCCOc2ccc(Cl)cc2)C(C)C)cc1. The Morgan fingerprint density at radius 3 is 2.17 bits per heavy atom. The summed E-state index contributed by atoms with van der Waals surface area (Å²) in [5, 5.41) is 3.31. The highest BCUT2D eigenvalue weighted by molar-refractivity contribution is 7.89. The molecule has 7 nitrogen and oxygen atoms in total. The highest BCUT2D eigenvalue weighted by Crippen LogP contribution is 2.17. The van der Waals surface area contributed by atoms with Crippen LogP contribution in [0.15, 0.2) is 53.4 Å². The fourth-order valence-corrected chi connectivity index (χ4v) is 3.94. The fourth-order valence-electron chi connectivity index (χ4n) is 2.47. The fraction of sp³-hybridized carbons (Fsp3) is 0.350. The molecule has 0 unspecified atom stereocenters. The van der Waals surface area contributed by atoms with Crippen LogP contribution in [0.2, 0.25) is 5.02 Å². The Balaban J connectivity index is 1.93. The molecule has 0 spiro atoms. The van der Waals surface area contributed by atoms with Gasteiger partial charge in [0.25, 0.3) is 0 Å². The highest BCUT2D eigenvalue weighted by Gasteiger charge is 2.28. The van der Waals surface area contributed by atoms with E-state index in [0.29, 0.717) is 16.5 Å². The van der Waals surface area contributed by atoms with E-state index in [1.54, 1.807) is 50.2 Å². The van der Waals surface area contributed by atoms with Crippen molar-refractivity contribution in [2.24, 2.45) is 5.92 Å². The second-order valence-corrected chi connectivity index (χ2v) is 8.76. The second-order valence-electron chi connectivity index (χ2n) is 6.61. The van der Waals surface area contributed by atoms with Gasteiger partial charge in [0.15, 0.2) is 0 Å². The number of amides is 1. The van der Waals surface area contributed by atoms with Gasteiger partial charge in [0.1, 0.15) is 24.1 Å². The van der Waals surface area contributed by atoms with E-state index >= 15 is 0 Å². The summed E-state index contributed by atoms with van der Waals surface area (Å²) in [4.78, 5) is 12.6. The molecule has 1 atom stereocenters. The largest absolute Gasteiger partial charge is 0.497 e. The first-order valence-corrected chi connectivity index (χ1v) is 10.9. The Kier molecular flexibility index (Phi) is 8.31. The molecule has 0 aliphatic heterocycles. The molecule has 0 saturated heterocycles. The van der Waals surface area contributed by atoms with E-state index in [1.807, 2.05) is 0 Å². The van der Waals surface area contributed by atoms with Crippen LogP contribution in [0.4, 0.5) is 0 Å². The molecule has 0 fully saturated rings. The van der Waals surface area contributed by atoms with E-state index in [0.717, 1.165) is 0 Å². The van der Waals surface area contributed by atoms with Crippen LogP contribution in [0.5, 0.6) is 11.5 Å². The zero-order valence-electron chi connectivity index (χ0n) is 16.5. The Labute approximate surface area is 176 Å². The van der Waals surface area contributed by atoms with Crippen LogP contribution in [0, 0.1) is 5.92 Å². The number of ether oxygens (including phenoxy) is 2. The van der Waals surface area contributed by atoms with Gasteiger partial charge in [-0.15, -0.1) is 0 Å². The van der Waals surface area contributed by atoms with E-state index in [1.165, 1.54) is 19.2 Å². The molecule has 0 heterocycles. The normalized spacial score (nSPS) is 12.4. The highest BCUT2D eigenvalue weighted by atomic mass is 35.5. The van der Waals surface area contributed by atoms with Crippen LogP contribution in [-0.2, 0) is 14.8 Å². The minimum absolute atomic E-state index is 0.0582. The minimum Gasteiger partial charge on any atom is -0.497 e. The van der Waals surface area contributed by atoms with Crippen molar-refractivity contribution in [1.82, 2.24) is 10.0 Å². The average Bonchev–Trinajstić information content (AvgIpc) is 2.70. The van der Waals surface area contributed by atoms with Gasteiger partial charge >= 0.3 is 0 Å². The van der Waals surface area contributed by atoms with Crippen LogP contribution in [-0.4, -0.2) is 40.6 Å². The Morgan fingerprint density at radius 1 is 1.03 bits per heavy atom. The number of hydrogen-bond donors (Lipinski definition) is 2. The number of sulfonamides is 1. The van der Waals surface area contributed by atoms with Crippen LogP contribution in [0.25, 0.3) is 0 Å². The number of nitrogens with one attached hydrogen (secondary N) is 2. The Morgan fingerprint density at radius 2 is 1.62 bits per heavy atom. The summed E-state index contributed by atoms with van der Waals surface area (Å²) in [6.45, 7) is 4.01. The van der Waals surface area contributed by atoms with Gasteiger partial charge < -0.3 is 14.8 Å². The summed E-state index contributed by atoms with van der Waals surface area (Å²) in [5.74, 6) is 0.504. The molecule has 0 aliphatic carbocycles. The van der Waals surface area contributed by atoms with Gasteiger partial charge in [-0.1, -0.05) is 25.4 Å². The van der Waals surface area contributed by atoms with Crippen LogP contribution in [0.1, 0.15) is 13.8 Å².